The second-order valence-corrected chi connectivity index (χ2v) is 6.27. The minimum Gasteiger partial charge on any atom is -0.380 e. The van der Waals surface area contributed by atoms with Gasteiger partial charge in [0.05, 0.1) is 12.1 Å². The molecule has 1 saturated heterocycles. The van der Waals surface area contributed by atoms with Crippen LogP contribution in [-0.4, -0.2) is 45.7 Å². The van der Waals surface area contributed by atoms with E-state index in [4.69, 9.17) is 4.74 Å². The van der Waals surface area contributed by atoms with Crippen LogP contribution in [0.25, 0.3) is 0 Å². The smallest absolute Gasteiger partial charge is 0.223 e. The van der Waals surface area contributed by atoms with Gasteiger partial charge in [0.25, 0.3) is 0 Å². The van der Waals surface area contributed by atoms with Crippen molar-refractivity contribution in [1.29, 1.82) is 0 Å². The second kappa shape index (κ2) is 7.57. The zero-order chi connectivity index (χ0) is 16.9. The Morgan fingerprint density at radius 3 is 2.83 bits per heavy atom. The third kappa shape index (κ3) is 3.82. The molecule has 1 N–H and O–H groups in total. The SMILES string of the molecule is CO[C@H]1C[C@@H](c2n[nH]c(C)n2)N(C(=O)CCCc2ccccc2)C1. The molecule has 1 aliphatic rings. The molecule has 2 atom stereocenters. The Balaban J connectivity index is 1.61. The minimum absolute atomic E-state index is 0.0480. The first kappa shape index (κ1) is 16.6. The van der Waals surface area contributed by atoms with Gasteiger partial charge < -0.3 is 9.64 Å². The van der Waals surface area contributed by atoms with E-state index < -0.39 is 0 Å². The van der Waals surface area contributed by atoms with Crippen molar-refractivity contribution in [3.05, 3.63) is 47.5 Å². The molecule has 3 rings (SSSR count). The molecule has 1 aromatic heterocycles. The maximum absolute atomic E-state index is 12.7. The highest BCUT2D eigenvalue weighted by molar-refractivity contribution is 5.77. The van der Waals surface area contributed by atoms with E-state index in [2.05, 4.69) is 27.3 Å². The van der Waals surface area contributed by atoms with Crippen LogP contribution in [0.2, 0.25) is 0 Å². The summed E-state index contributed by atoms with van der Waals surface area (Å²) in [5.74, 6) is 1.60. The predicted octanol–water partition coefficient (Wildman–Crippen LogP) is 2.42. The fraction of sp³-hybridized carbons (Fsp3) is 0.500. The molecule has 1 aromatic carbocycles. The molecule has 24 heavy (non-hydrogen) atoms. The summed E-state index contributed by atoms with van der Waals surface area (Å²) >= 11 is 0. The van der Waals surface area contributed by atoms with Crippen LogP contribution in [0.3, 0.4) is 0 Å². The van der Waals surface area contributed by atoms with E-state index in [0.717, 1.165) is 25.1 Å². The molecular formula is C18H24N4O2. The summed E-state index contributed by atoms with van der Waals surface area (Å²) in [6.45, 7) is 2.48. The Morgan fingerprint density at radius 1 is 1.38 bits per heavy atom. The summed E-state index contributed by atoms with van der Waals surface area (Å²) in [6, 6.07) is 10.2. The molecule has 1 amide bonds. The van der Waals surface area contributed by atoms with E-state index in [9.17, 15) is 4.79 Å². The normalized spacial score (nSPS) is 20.5. The number of nitrogens with one attached hydrogen (secondary N) is 1. The number of hydrogen-bond donors (Lipinski definition) is 1. The lowest BCUT2D eigenvalue weighted by molar-refractivity contribution is -0.132. The van der Waals surface area contributed by atoms with Gasteiger partial charge in [-0.15, -0.1) is 0 Å². The van der Waals surface area contributed by atoms with Crippen LogP contribution in [-0.2, 0) is 16.0 Å². The van der Waals surface area contributed by atoms with Gasteiger partial charge in [-0.25, -0.2) is 4.98 Å². The largest absolute Gasteiger partial charge is 0.380 e. The van der Waals surface area contributed by atoms with E-state index in [1.165, 1.54) is 5.56 Å². The van der Waals surface area contributed by atoms with E-state index >= 15 is 0 Å². The van der Waals surface area contributed by atoms with Gasteiger partial charge in [0.15, 0.2) is 5.82 Å². The van der Waals surface area contributed by atoms with Gasteiger partial charge >= 0.3 is 0 Å². The van der Waals surface area contributed by atoms with Crippen molar-refractivity contribution < 1.29 is 9.53 Å². The van der Waals surface area contributed by atoms with Crippen LogP contribution in [0, 0.1) is 6.92 Å². The number of carbonyl (C=O) groups excluding carboxylic acids is 1. The van der Waals surface area contributed by atoms with Gasteiger partial charge in [0.2, 0.25) is 5.91 Å². The quantitative estimate of drug-likeness (QED) is 0.884. The van der Waals surface area contributed by atoms with E-state index in [-0.39, 0.29) is 18.1 Å². The second-order valence-electron chi connectivity index (χ2n) is 6.27. The Morgan fingerprint density at radius 2 is 2.17 bits per heavy atom. The highest BCUT2D eigenvalue weighted by Crippen LogP contribution is 2.32. The maximum Gasteiger partial charge on any atom is 0.223 e. The fourth-order valence-corrected chi connectivity index (χ4v) is 3.23. The lowest BCUT2D eigenvalue weighted by Gasteiger charge is -2.22. The first-order valence-electron chi connectivity index (χ1n) is 8.42. The van der Waals surface area contributed by atoms with E-state index in [1.807, 2.05) is 30.0 Å². The molecule has 0 aliphatic carbocycles. The number of benzene rings is 1. The molecule has 6 nitrogen and oxygen atoms in total. The summed E-state index contributed by atoms with van der Waals surface area (Å²) in [6.07, 6.45) is 3.09. The average Bonchev–Trinajstić information content (AvgIpc) is 3.21. The summed E-state index contributed by atoms with van der Waals surface area (Å²) in [5.41, 5.74) is 1.27. The third-order valence-corrected chi connectivity index (χ3v) is 4.53. The molecule has 0 unspecified atom stereocenters. The molecule has 2 aromatic rings. The number of ether oxygens (including phenoxy) is 1. The van der Waals surface area contributed by atoms with Gasteiger partial charge in [-0.3, -0.25) is 9.89 Å². The number of rotatable bonds is 6. The van der Waals surface area contributed by atoms with Crippen LogP contribution < -0.4 is 0 Å². The van der Waals surface area contributed by atoms with Crippen molar-refractivity contribution in [3.8, 4) is 0 Å². The lowest BCUT2D eigenvalue weighted by Crippen LogP contribution is -2.32. The van der Waals surface area contributed by atoms with Crippen LogP contribution in [0.5, 0.6) is 0 Å². The molecule has 0 bridgehead atoms. The number of H-pyrrole nitrogens is 1. The predicted molar refractivity (Wildman–Crippen MR) is 90.4 cm³/mol. The van der Waals surface area contributed by atoms with Crippen LogP contribution in [0.4, 0.5) is 0 Å². The van der Waals surface area contributed by atoms with Crippen molar-refractivity contribution in [1.82, 2.24) is 20.1 Å². The van der Waals surface area contributed by atoms with Gasteiger partial charge in [-0.05, 0) is 25.3 Å². The fourth-order valence-electron chi connectivity index (χ4n) is 3.23. The van der Waals surface area contributed by atoms with Crippen molar-refractivity contribution in [2.24, 2.45) is 0 Å². The molecule has 128 valence electrons. The molecule has 1 fully saturated rings. The van der Waals surface area contributed by atoms with Gasteiger partial charge in [-0.2, -0.15) is 5.10 Å². The van der Waals surface area contributed by atoms with Crippen LogP contribution >= 0.6 is 0 Å². The topological polar surface area (TPSA) is 71.1 Å². The highest BCUT2D eigenvalue weighted by atomic mass is 16.5. The summed E-state index contributed by atoms with van der Waals surface area (Å²) in [4.78, 5) is 19.0. The lowest BCUT2D eigenvalue weighted by atomic mass is 10.1. The zero-order valence-electron chi connectivity index (χ0n) is 14.2. The Hall–Kier alpha value is -2.21. The molecule has 2 heterocycles. The van der Waals surface area contributed by atoms with Crippen molar-refractivity contribution in [2.75, 3.05) is 13.7 Å². The average molecular weight is 328 g/mol. The molecular weight excluding hydrogens is 304 g/mol. The van der Waals surface area contributed by atoms with Crippen molar-refractivity contribution in [3.63, 3.8) is 0 Å². The Bertz CT molecular complexity index is 671. The summed E-state index contributed by atoms with van der Waals surface area (Å²) in [7, 11) is 1.69. The van der Waals surface area contributed by atoms with Gasteiger partial charge in [-0.1, -0.05) is 30.3 Å². The molecule has 0 radical (unpaired) electrons. The molecule has 6 heteroatoms. The number of amides is 1. The monoisotopic (exact) mass is 328 g/mol. The highest BCUT2D eigenvalue weighted by Gasteiger charge is 2.38. The first-order valence-corrected chi connectivity index (χ1v) is 8.42. The number of aryl methyl sites for hydroxylation is 2. The van der Waals surface area contributed by atoms with E-state index in [1.54, 1.807) is 7.11 Å². The van der Waals surface area contributed by atoms with Crippen LogP contribution in [0.1, 0.15) is 42.5 Å². The Labute approximate surface area is 142 Å². The minimum atomic E-state index is -0.0934. The zero-order valence-corrected chi connectivity index (χ0v) is 14.2. The van der Waals surface area contributed by atoms with Crippen molar-refractivity contribution in [2.45, 2.75) is 44.8 Å². The van der Waals surface area contributed by atoms with Crippen molar-refractivity contribution >= 4 is 5.91 Å². The summed E-state index contributed by atoms with van der Waals surface area (Å²) in [5, 5.41) is 7.10. The number of hydrogen-bond acceptors (Lipinski definition) is 4. The number of likely N-dealkylation sites (tertiary alicyclic amines) is 1. The first-order chi connectivity index (χ1) is 11.7. The van der Waals surface area contributed by atoms with E-state index in [0.29, 0.717) is 18.8 Å². The number of aromatic nitrogens is 3. The summed E-state index contributed by atoms with van der Waals surface area (Å²) < 4.78 is 5.46. The number of nitrogens with zero attached hydrogens (tertiary/aromatic N) is 3. The molecule has 0 spiro atoms. The van der Waals surface area contributed by atoms with Gasteiger partial charge in [0, 0.05) is 26.5 Å². The van der Waals surface area contributed by atoms with Crippen LogP contribution in [0.15, 0.2) is 30.3 Å². The maximum atomic E-state index is 12.7. The number of aromatic amines is 1. The number of carbonyl (C=O) groups is 1. The molecule has 1 aliphatic heterocycles. The standard InChI is InChI=1S/C18H24N4O2/c1-13-19-18(21-20-13)16-11-15(24-2)12-22(16)17(23)10-6-9-14-7-4-3-5-8-14/h3-5,7-8,15-16H,6,9-12H2,1-2H3,(H,19,20,21)/t15-,16-/m0/s1. The third-order valence-electron chi connectivity index (χ3n) is 4.53. The molecule has 0 saturated carbocycles. The number of methoxy groups -OCH3 is 1. The Kier molecular flexibility index (Phi) is 5.25. The van der Waals surface area contributed by atoms with Gasteiger partial charge in [0.1, 0.15) is 5.82 Å².